The van der Waals surface area contributed by atoms with Crippen molar-refractivity contribution in [3.05, 3.63) is 22.5 Å². The predicted octanol–water partition coefficient (Wildman–Crippen LogP) is -1.31. The minimum atomic E-state index is -0.949. The lowest BCUT2D eigenvalue weighted by Gasteiger charge is -2.40. The zero-order chi connectivity index (χ0) is 18.3. The SMILES string of the molecule is CO[C@]12[C@H](COC(N)=O)C3=C(C(=O)C(C)=C(N)C3=O)N1C[C@@H]1[C@H]2N1C. The highest BCUT2D eigenvalue weighted by atomic mass is 16.6. The van der Waals surface area contributed by atoms with Crippen molar-refractivity contribution in [2.45, 2.75) is 24.7 Å². The van der Waals surface area contributed by atoms with E-state index < -0.39 is 23.5 Å². The molecule has 0 radical (unpaired) electrons. The Morgan fingerprint density at radius 1 is 1.36 bits per heavy atom. The summed E-state index contributed by atoms with van der Waals surface area (Å²) in [5.74, 6) is -1.32. The van der Waals surface area contributed by atoms with E-state index in [2.05, 4.69) is 4.90 Å². The maximum atomic E-state index is 12.9. The third-order valence-corrected chi connectivity index (χ3v) is 5.99. The molecule has 3 aliphatic heterocycles. The van der Waals surface area contributed by atoms with Crippen molar-refractivity contribution in [1.29, 1.82) is 0 Å². The van der Waals surface area contributed by atoms with Gasteiger partial charge in [0.2, 0.25) is 11.6 Å². The Morgan fingerprint density at radius 3 is 2.64 bits per heavy atom. The Labute approximate surface area is 144 Å². The van der Waals surface area contributed by atoms with Crippen LogP contribution in [0.1, 0.15) is 6.92 Å². The number of rotatable bonds is 3. The Kier molecular flexibility index (Phi) is 3.11. The molecule has 1 aliphatic carbocycles. The van der Waals surface area contributed by atoms with Gasteiger partial charge in [-0.1, -0.05) is 0 Å². The number of piperazine rings is 1. The molecule has 9 nitrogen and oxygen atoms in total. The van der Waals surface area contributed by atoms with Gasteiger partial charge in [0.1, 0.15) is 6.61 Å². The van der Waals surface area contributed by atoms with Crippen LogP contribution in [0.2, 0.25) is 0 Å². The van der Waals surface area contributed by atoms with E-state index in [1.54, 1.807) is 6.92 Å². The number of primary amides is 1. The number of hydrogen-bond donors (Lipinski definition) is 2. The number of carbonyl (C=O) groups excluding carboxylic acids is 3. The topological polar surface area (TPSA) is 128 Å². The predicted molar refractivity (Wildman–Crippen MR) is 84.7 cm³/mol. The first-order valence-corrected chi connectivity index (χ1v) is 8.04. The number of nitrogens with two attached hydrogens (primary N) is 2. The number of likely N-dealkylation sites (N-methyl/N-ethyl adjacent to an activating group) is 1. The zero-order valence-electron chi connectivity index (χ0n) is 14.2. The molecule has 4 N–H and O–H groups in total. The molecule has 134 valence electrons. The average Bonchev–Trinajstić information content (AvgIpc) is 2.96. The van der Waals surface area contributed by atoms with Crippen LogP contribution < -0.4 is 11.5 Å². The molecule has 0 aromatic heterocycles. The van der Waals surface area contributed by atoms with Gasteiger partial charge in [0.15, 0.2) is 5.72 Å². The van der Waals surface area contributed by atoms with Crippen LogP contribution in [0.5, 0.6) is 0 Å². The Bertz CT molecular complexity index is 787. The van der Waals surface area contributed by atoms with Crippen LogP contribution in [0, 0.1) is 5.92 Å². The van der Waals surface area contributed by atoms with Crippen LogP contribution in [0.15, 0.2) is 22.5 Å². The number of amides is 1. The molecule has 25 heavy (non-hydrogen) atoms. The molecule has 0 spiro atoms. The van der Waals surface area contributed by atoms with E-state index >= 15 is 0 Å². The van der Waals surface area contributed by atoms with E-state index in [0.717, 1.165) is 0 Å². The molecule has 0 saturated carbocycles. The molecule has 2 saturated heterocycles. The number of hydrogen-bond acceptors (Lipinski definition) is 8. The number of allylic oxidation sites excluding steroid dienone is 2. The van der Waals surface area contributed by atoms with Crippen LogP contribution in [-0.2, 0) is 19.1 Å². The third kappa shape index (κ3) is 1.72. The number of nitrogens with zero attached hydrogens (tertiary/aromatic N) is 2. The van der Waals surface area contributed by atoms with Crippen molar-refractivity contribution in [1.82, 2.24) is 9.80 Å². The highest BCUT2D eigenvalue weighted by Gasteiger charge is 2.75. The van der Waals surface area contributed by atoms with Gasteiger partial charge < -0.3 is 25.8 Å². The summed E-state index contributed by atoms with van der Waals surface area (Å²) in [6.07, 6.45) is -0.945. The van der Waals surface area contributed by atoms with E-state index in [-0.39, 0.29) is 41.3 Å². The smallest absolute Gasteiger partial charge is 0.404 e. The van der Waals surface area contributed by atoms with Crippen molar-refractivity contribution in [3.8, 4) is 0 Å². The lowest BCUT2D eigenvalue weighted by Crippen LogP contribution is -2.55. The first-order chi connectivity index (χ1) is 11.8. The summed E-state index contributed by atoms with van der Waals surface area (Å²) in [5.41, 5.74) is 10.8. The molecular formula is C16H20N4O5. The van der Waals surface area contributed by atoms with Crippen molar-refractivity contribution in [3.63, 3.8) is 0 Å². The second-order valence-electron chi connectivity index (χ2n) is 6.89. The van der Waals surface area contributed by atoms with E-state index in [4.69, 9.17) is 20.9 Å². The maximum absolute atomic E-state index is 12.9. The second kappa shape index (κ2) is 4.83. The van der Waals surface area contributed by atoms with Crippen molar-refractivity contribution < 1.29 is 23.9 Å². The van der Waals surface area contributed by atoms with Gasteiger partial charge in [-0.2, -0.15) is 0 Å². The molecule has 0 aromatic rings. The van der Waals surface area contributed by atoms with Gasteiger partial charge in [0.05, 0.1) is 23.4 Å². The number of carbonyl (C=O) groups is 3. The molecule has 4 aliphatic rings. The van der Waals surface area contributed by atoms with Crippen LogP contribution >= 0.6 is 0 Å². The lowest BCUT2D eigenvalue weighted by molar-refractivity contribution is -0.144. The van der Waals surface area contributed by atoms with Gasteiger partial charge in [0, 0.05) is 30.8 Å². The molecule has 4 rings (SSSR count). The number of ether oxygens (including phenoxy) is 2. The lowest BCUT2D eigenvalue weighted by atomic mass is 9.82. The fraction of sp³-hybridized carbons (Fsp3) is 0.562. The summed E-state index contributed by atoms with van der Waals surface area (Å²) in [7, 11) is 3.49. The van der Waals surface area contributed by atoms with E-state index in [1.807, 2.05) is 11.9 Å². The standard InChI is InChI=1S/C16H20N4O5/c1-6-10(17)13(22)9-7(5-25-15(18)23)16(24-3)14-8(19(14)2)4-20(16)11(9)12(6)21/h7-8,14H,4-5,17H2,1-3H3,(H2,18,23)/t7-,8-,14-,16+,19?/m1/s1. The van der Waals surface area contributed by atoms with Crippen molar-refractivity contribution >= 4 is 17.7 Å². The first-order valence-electron chi connectivity index (χ1n) is 8.04. The highest BCUT2D eigenvalue weighted by molar-refractivity contribution is 6.25. The fourth-order valence-electron chi connectivity index (χ4n) is 4.73. The number of Topliss-reactive ketones (excluding diaryl/α,β-unsaturated/α-hetero) is 2. The molecule has 5 atom stereocenters. The minimum absolute atomic E-state index is 0.00768. The molecule has 0 bridgehead atoms. The third-order valence-electron chi connectivity index (χ3n) is 5.99. The molecular weight excluding hydrogens is 328 g/mol. The van der Waals surface area contributed by atoms with Crippen molar-refractivity contribution in [2.75, 3.05) is 27.3 Å². The summed E-state index contributed by atoms with van der Waals surface area (Å²) < 4.78 is 10.9. The summed E-state index contributed by atoms with van der Waals surface area (Å²) >= 11 is 0. The summed E-state index contributed by atoms with van der Waals surface area (Å²) in [4.78, 5) is 40.8. The minimum Gasteiger partial charge on any atom is -0.449 e. The normalized spacial score (nSPS) is 38.8. The number of ketones is 2. The average molecular weight is 348 g/mol. The molecule has 1 unspecified atom stereocenters. The summed E-state index contributed by atoms with van der Waals surface area (Å²) in [5, 5.41) is 0. The summed E-state index contributed by atoms with van der Waals surface area (Å²) in [6, 6.07) is 0.211. The van der Waals surface area contributed by atoms with Crippen molar-refractivity contribution in [2.24, 2.45) is 17.4 Å². The van der Waals surface area contributed by atoms with Gasteiger partial charge in [0.25, 0.3) is 0 Å². The van der Waals surface area contributed by atoms with E-state index in [1.165, 1.54) is 7.11 Å². The Hall–Kier alpha value is -2.39. The van der Waals surface area contributed by atoms with Gasteiger partial charge in [-0.05, 0) is 14.0 Å². The quantitative estimate of drug-likeness (QED) is 0.475. The Balaban J connectivity index is 1.85. The van der Waals surface area contributed by atoms with Crippen LogP contribution in [0.3, 0.4) is 0 Å². The molecule has 3 heterocycles. The maximum Gasteiger partial charge on any atom is 0.404 e. The molecule has 1 amide bonds. The molecule has 0 aromatic carbocycles. The van der Waals surface area contributed by atoms with Crippen LogP contribution in [0.4, 0.5) is 4.79 Å². The fourth-order valence-corrected chi connectivity index (χ4v) is 4.73. The van der Waals surface area contributed by atoms with Gasteiger partial charge >= 0.3 is 6.09 Å². The van der Waals surface area contributed by atoms with Gasteiger partial charge in [-0.15, -0.1) is 0 Å². The Morgan fingerprint density at radius 2 is 2.04 bits per heavy atom. The highest BCUT2D eigenvalue weighted by Crippen LogP contribution is 2.59. The van der Waals surface area contributed by atoms with Crippen LogP contribution in [0.25, 0.3) is 0 Å². The van der Waals surface area contributed by atoms with Gasteiger partial charge in [-0.3, -0.25) is 14.5 Å². The molecule has 2 fully saturated rings. The number of fused-ring (bicyclic) bond motifs is 4. The zero-order valence-corrected chi connectivity index (χ0v) is 14.2. The molecule has 9 heteroatoms. The van der Waals surface area contributed by atoms with E-state index in [9.17, 15) is 14.4 Å². The second-order valence-corrected chi connectivity index (χ2v) is 6.89. The van der Waals surface area contributed by atoms with E-state index in [0.29, 0.717) is 12.2 Å². The van der Waals surface area contributed by atoms with Crippen LogP contribution in [-0.4, -0.2) is 72.6 Å². The largest absolute Gasteiger partial charge is 0.449 e. The monoisotopic (exact) mass is 348 g/mol. The van der Waals surface area contributed by atoms with Gasteiger partial charge in [-0.25, -0.2) is 4.79 Å². The summed E-state index contributed by atoms with van der Waals surface area (Å²) in [6.45, 7) is 1.96. The first kappa shape index (κ1) is 16.1. The number of methoxy groups -OCH3 is 1.